The number of anilines is 1. The third-order valence-corrected chi connectivity index (χ3v) is 2.32. The molecule has 0 bridgehead atoms. The van der Waals surface area contributed by atoms with Gasteiger partial charge >= 0.3 is 5.97 Å². The minimum atomic E-state index is -1.14. The maximum Gasteiger partial charge on any atom is 0.322 e. The van der Waals surface area contributed by atoms with Crippen molar-refractivity contribution in [3.63, 3.8) is 0 Å². The number of nitrogens with two attached hydrogens (primary N) is 1. The Hall–Kier alpha value is -2.58. The molecular weight excluding hydrogens is 254 g/mol. The second-order valence-corrected chi connectivity index (χ2v) is 3.82. The lowest BCUT2D eigenvalue weighted by atomic mass is 10.2. The van der Waals surface area contributed by atoms with E-state index in [1.807, 2.05) is 0 Å². The van der Waals surface area contributed by atoms with Crippen LogP contribution in [0.15, 0.2) is 0 Å². The second-order valence-electron chi connectivity index (χ2n) is 3.82. The molecule has 0 atom stereocenters. The van der Waals surface area contributed by atoms with Gasteiger partial charge in [0.05, 0.1) is 12.2 Å². The fourth-order valence-electron chi connectivity index (χ4n) is 1.56. The fraction of sp³-hybridized carbons (Fsp3) is 0.400. The molecular formula is C10H15N5O4. The number of aliphatic carboxylic acids is 1. The molecule has 9 heteroatoms. The SMILES string of the molecule is Cc1nn(C)c(NCC(=O)NCC(=O)O)c1C(N)=O. The molecule has 0 aliphatic rings. The van der Waals surface area contributed by atoms with Crippen LogP contribution in [0.2, 0.25) is 0 Å². The van der Waals surface area contributed by atoms with E-state index in [1.165, 1.54) is 4.68 Å². The van der Waals surface area contributed by atoms with E-state index in [4.69, 9.17) is 10.8 Å². The van der Waals surface area contributed by atoms with Crippen molar-refractivity contribution in [2.24, 2.45) is 12.8 Å². The smallest absolute Gasteiger partial charge is 0.322 e. The summed E-state index contributed by atoms with van der Waals surface area (Å²) in [7, 11) is 1.59. The van der Waals surface area contributed by atoms with Gasteiger partial charge in [-0.1, -0.05) is 0 Å². The Balaban J connectivity index is 2.70. The van der Waals surface area contributed by atoms with Gasteiger partial charge < -0.3 is 21.5 Å². The third kappa shape index (κ3) is 3.69. The predicted octanol–water partition coefficient (Wildman–Crippen LogP) is -1.56. The summed E-state index contributed by atoms with van der Waals surface area (Å²) >= 11 is 0. The highest BCUT2D eigenvalue weighted by Crippen LogP contribution is 2.17. The van der Waals surface area contributed by atoms with Crippen LogP contribution in [-0.2, 0) is 16.6 Å². The average Bonchev–Trinajstić information content (AvgIpc) is 2.58. The number of carboxylic acid groups (broad SMARTS) is 1. The summed E-state index contributed by atoms with van der Waals surface area (Å²) < 4.78 is 1.39. The number of amides is 2. The molecule has 0 unspecified atom stereocenters. The van der Waals surface area contributed by atoms with Crippen molar-refractivity contribution >= 4 is 23.6 Å². The lowest BCUT2D eigenvalue weighted by Crippen LogP contribution is -2.34. The first-order valence-electron chi connectivity index (χ1n) is 5.38. The number of hydrogen-bond donors (Lipinski definition) is 4. The van der Waals surface area contributed by atoms with Crippen molar-refractivity contribution in [3.8, 4) is 0 Å². The van der Waals surface area contributed by atoms with Crippen molar-refractivity contribution < 1.29 is 19.5 Å². The number of aryl methyl sites for hydroxylation is 2. The number of nitrogens with zero attached hydrogens (tertiary/aromatic N) is 2. The number of carbonyl (C=O) groups excluding carboxylic acids is 2. The lowest BCUT2D eigenvalue weighted by molar-refractivity contribution is -0.137. The summed E-state index contributed by atoms with van der Waals surface area (Å²) in [6.07, 6.45) is 0. The highest BCUT2D eigenvalue weighted by atomic mass is 16.4. The number of rotatable bonds is 6. The van der Waals surface area contributed by atoms with Crippen LogP contribution in [0.25, 0.3) is 0 Å². The summed E-state index contributed by atoms with van der Waals surface area (Å²) in [5, 5.41) is 17.3. The van der Waals surface area contributed by atoms with Crippen LogP contribution in [0.1, 0.15) is 16.1 Å². The number of primary amides is 1. The summed E-state index contributed by atoms with van der Waals surface area (Å²) in [5.41, 5.74) is 5.87. The normalized spacial score (nSPS) is 10.0. The molecule has 0 aromatic carbocycles. The summed E-state index contributed by atoms with van der Waals surface area (Å²) in [6, 6.07) is 0. The topological polar surface area (TPSA) is 139 Å². The van der Waals surface area contributed by atoms with E-state index in [1.54, 1.807) is 14.0 Å². The largest absolute Gasteiger partial charge is 0.480 e. The van der Waals surface area contributed by atoms with Crippen molar-refractivity contribution in [1.82, 2.24) is 15.1 Å². The highest BCUT2D eigenvalue weighted by molar-refractivity contribution is 5.99. The Labute approximate surface area is 108 Å². The van der Waals surface area contributed by atoms with Gasteiger partial charge in [0.25, 0.3) is 5.91 Å². The van der Waals surface area contributed by atoms with Gasteiger partial charge in [0.15, 0.2) is 0 Å². The molecule has 1 aromatic rings. The maximum atomic E-state index is 11.3. The van der Waals surface area contributed by atoms with Crippen molar-refractivity contribution in [2.75, 3.05) is 18.4 Å². The zero-order chi connectivity index (χ0) is 14.6. The molecule has 0 aliphatic heterocycles. The number of aromatic nitrogens is 2. The van der Waals surface area contributed by atoms with Crippen LogP contribution in [0.5, 0.6) is 0 Å². The Morgan fingerprint density at radius 2 is 2.00 bits per heavy atom. The van der Waals surface area contributed by atoms with Crippen LogP contribution < -0.4 is 16.4 Å². The van der Waals surface area contributed by atoms with Gasteiger partial charge in [-0.05, 0) is 6.92 Å². The van der Waals surface area contributed by atoms with Crippen LogP contribution in [0.4, 0.5) is 5.82 Å². The molecule has 19 heavy (non-hydrogen) atoms. The fourth-order valence-corrected chi connectivity index (χ4v) is 1.56. The van der Waals surface area contributed by atoms with E-state index in [-0.39, 0.29) is 12.1 Å². The molecule has 1 rings (SSSR count). The summed E-state index contributed by atoms with van der Waals surface area (Å²) in [4.78, 5) is 32.9. The Kier molecular flexibility index (Phi) is 4.46. The van der Waals surface area contributed by atoms with Gasteiger partial charge in [0, 0.05) is 7.05 Å². The molecule has 0 radical (unpaired) electrons. The number of carbonyl (C=O) groups is 3. The quantitative estimate of drug-likeness (QED) is 0.492. The number of carboxylic acids is 1. The van der Waals surface area contributed by atoms with Gasteiger partial charge in [0.2, 0.25) is 5.91 Å². The molecule has 104 valence electrons. The minimum absolute atomic E-state index is 0.188. The third-order valence-electron chi connectivity index (χ3n) is 2.32. The van der Waals surface area contributed by atoms with Gasteiger partial charge in [-0.3, -0.25) is 19.1 Å². The van der Waals surface area contributed by atoms with E-state index in [0.717, 1.165) is 0 Å². The first kappa shape index (κ1) is 14.5. The van der Waals surface area contributed by atoms with Crippen LogP contribution >= 0.6 is 0 Å². The van der Waals surface area contributed by atoms with E-state index < -0.39 is 24.3 Å². The number of nitrogens with one attached hydrogen (secondary N) is 2. The molecule has 9 nitrogen and oxygen atoms in total. The Morgan fingerprint density at radius 3 is 2.53 bits per heavy atom. The van der Waals surface area contributed by atoms with E-state index >= 15 is 0 Å². The van der Waals surface area contributed by atoms with Gasteiger partial charge in [-0.25, -0.2) is 0 Å². The Bertz CT molecular complexity index is 522. The van der Waals surface area contributed by atoms with Crippen molar-refractivity contribution in [1.29, 1.82) is 0 Å². The molecule has 0 aliphatic carbocycles. The van der Waals surface area contributed by atoms with E-state index in [0.29, 0.717) is 11.5 Å². The van der Waals surface area contributed by atoms with Crippen LogP contribution in [0, 0.1) is 6.92 Å². The molecule has 2 amide bonds. The molecule has 0 saturated carbocycles. The van der Waals surface area contributed by atoms with Gasteiger partial charge in [-0.15, -0.1) is 0 Å². The molecule has 0 spiro atoms. The standard InChI is InChI=1S/C10H15N5O4/c1-5-8(9(11)19)10(15(2)14-5)13-3-6(16)12-4-7(17)18/h13H,3-4H2,1-2H3,(H2,11,19)(H,12,16)(H,17,18). The zero-order valence-corrected chi connectivity index (χ0v) is 10.6. The van der Waals surface area contributed by atoms with Gasteiger partial charge in [0.1, 0.15) is 17.9 Å². The van der Waals surface area contributed by atoms with E-state index in [2.05, 4.69) is 15.7 Å². The minimum Gasteiger partial charge on any atom is -0.480 e. The van der Waals surface area contributed by atoms with Crippen LogP contribution in [-0.4, -0.2) is 45.8 Å². The monoisotopic (exact) mass is 269 g/mol. The molecule has 5 N–H and O–H groups in total. The predicted molar refractivity (Wildman–Crippen MR) is 65.6 cm³/mol. The molecule has 0 saturated heterocycles. The molecule has 0 fully saturated rings. The Morgan fingerprint density at radius 1 is 1.37 bits per heavy atom. The first-order chi connectivity index (χ1) is 8.82. The highest BCUT2D eigenvalue weighted by Gasteiger charge is 2.18. The van der Waals surface area contributed by atoms with E-state index in [9.17, 15) is 14.4 Å². The number of hydrogen-bond acceptors (Lipinski definition) is 5. The van der Waals surface area contributed by atoms with Crippen molar-refractivity contribution in [2.45, 2.75) is 6.92 Å². The molecule has 1 aromatic heterocycles. The second kappa shape index (κ2) is 5.85. The summed E-state index contributed by atoms with van der Waals surface area (Å²) in [6.45, 7) is 0.968. The van der Waals surface area contributed by atoms with Crippen molar-refractivity contribution in [3.05, 3.63) is 11.3 Å². The summed E-state index contributed by atoms with van der Waals surface area (Å²) in [5.74, 6) is -1.99. The zero-order valence-electron chi connectivity index (χ0n) is 10.6. The van der Waals surface area contributed by atoms with Gasteiger partial charge in [-0.2, -0.15) is 5.10 Å². The maximum absolute atomic E-state index is 11.3. The average molecular weight is 269 g/mol. The first-order valence-corrected chi connectivity index (χ1v) is 5.38. The molecule has 1 heterocycles. The van der Waals surface area contributed by atoms with Crippen LogP contribution in [0.3, 0.4) is 0 Å². The lowest BCUT2D eigenvalue weighted by Gasteiger charge is -2.08.